The summed E-state index contributed by atoms with van der Waals surface area (Å²) >= 11 is 0. The molecule has 206 valence electrons. The van der Waals surface area contributed by atoms with E-state index in [4.69, 9.17) is 14.2 Å². The zero-order valence-electron chi connectivity index (χ0n) is 22.4. The predicted octanol–water partition coefficient (Wildman–Crippen LogP) is 4.45. The SMILES string of the molecule is O=C(OC1CCC1)N1Cc2ccccc2C2(CCN(C3CC4CCC(C3)N4C(=O)O[C@@H]3CCOC3)CC2)C1. The summed E-state index contributed by atoms with van der Waals surface area (Å²) in [6.07, 6.45) is 10.1. The van der Waals surface area contributed by atoms with E-state index in [0.29, 0.717) is 25.8 Å². The Morgan fingerprint density at radius 2 is 1.61 bits per heavy atom. The minimum Gasteiger partial charge on any atom is -0.446 e. The first-order valence-corrected chi connectivity index (χ1v) is 14.9. The van der Waals surface area contributed by atoms with Crippen LogP contribution in [-0.2, 0) is 26.2 Å². The van der Waals surface area contributed by atoms with Gasteiger partial charge in [-0.1, -0.05) is 24.3 Å². The van der Waals surface area contributed by atoms with Gasteiger partial charge < -0.3 is 28.9 Å². The van der Waals surface area contributed by atoms with E-state index < -0.39 is 0 Å². The van der Waals surface area contributed by atoms with Crippen LogP contribution in [-0.4, -0.2) is 90.1 Å². The average Bonchev–Trinajstić information content (AvgIpc) is 3.51. The van der Waals surface area contributed by atoms with Gasteiger partial charge in [-0.15, -0.1) is 0 Å². The Balaban J connectivity index is 1.00. The monoisotopic (exact) mass is 523 g/mol. The predicted molar refractivity (Wildman–Crippen MR) is 141 cm³/mol. The molecule has 8 heteroatoms. The molecule has 1 aliphatic carbocycles. The summed E-state index contributed by atoms with van der Waals surface area (Å²) < 4.78 is 17.0. The Kier molecular flexibility index (Phi) is 6.51. The normalized spacial score (nSPS) is 32.6. The topological polar surface area (TPSA) is 71.6 Å². The second-order valence-corrected chi connectivity index (χ2v) is 12.6. The number of ether oxygens (including phenoxy) is 3. The molecule has 3 atom stereocenters. The largest absolute Gasteiger partial charge is 0.446 e. The van der Waals surface area contributed by atoms with Crippen LogP contribution in [0.25, 0.3) is 0 Å². The van der Waals surface area contributed by atoms with Crippen molar-refractivity contribution in [3.05, 3.63) is 35.4 Å². The highest BCUT2D eigenvalue weighted by Crippen LogP contribution is 2.45. The van der Waals surface area contributed by atoms with Gasteiger partial charge >= 0.3 is 12.2 Å². The van der Waals surface area contributed by atoms with Crippen molar-refractivity contribution >= 4 is 12.2 Å². The second-order valence-electron chi connectivity index (χ2n) is 12.6. The van der Waals surface area contributed by atoms with Crippen LogP contribution in [0.4, 0.5) is 9.59 Å². The lowest BCUT2D eigenvalue weighted by molar-refractivity contribution is -0.00182. The number of carbonyl (C=O) groups is 2. The molecular formula is C30H41N3O5. The maximum Gasteiger partial charge on any atom is 0.410 e. The van der Waals surface area contributed by atoms with Gasteiger partial charge in [-0.3, -0.25) is 0 Å². The molecule has 2 unspecified atom stereocenters. The molecular weight excluding hydrogens is 482 g/mol. The van der Waals surface area contributed by atoms with Crippen molar-refractivity contribution in [1.29, 1.82) is 0 Å². The van der Waals surface area contributed by atoms with Crippen LogP contribution in [0.3, 0.4) is 0 Å². The molecule has 5 aliphatic heterocycles. The van der Waals surface area contributed by atoms with Gasteiger partial charge in [0.2, 0.25) is 0 Å². The van der Waals surface area contributed by atoms with E-state index in [0.717, 1.165) is 83.8 Å². The van der Waals surface area contributed by atoms with Crippen LogP contribution in [0, 0.1) is 0 Å². The van der Waals surface area contributed by atoms with Gasteiger partial charge in [0.1, 0.15) is 12.2 Å². The maximum atomic E-state index is 13.1. The number of hydrogen-bond acceptors (Lipinski definition) is 6. The van der Waals surface area contributed by atoms with E-state index in [2.05, 4.69) is 34.1 Å². The van der Waals surface area contributed by atoms with Crippen molar-refractivity contribution in [2.75, 3.05) is 32.8 Å². The number of amides is 2. The van der Waals surface area contributed by atoms with E-state index >= 15 is 0 Å². The molecule has 0 N–H and O–H groups in total. The third-order valence-electron chi connectivity index (χ3n) is 10.4. The minimum absolute atomic E-state index is 0.00315. The summed E-state index contributed by atoms with van der Waals surface area (Å²) in [5.74, 6) is 0. The van der Waals surface area contributed by atoms with Crippen LogP contribution < -0.4 is 0 Å². The van der Waals surface area contributed by atoms with Gasteiger partial charge in [0, 0.05) is 43.1 Å². The van der Waals surface area contributed by atoms with Crippen molar-refractivity contribution in [2.24, 2.45) is 0 Å². The highest BCUT2D eigenvalue weighted by Gasteiger charge is 2.49. The fourth-order valence-corrected chi connectivity index (χ4v) is 8.02. The number of hydrogen-bond donors (Lipinski definition) is 0. The summed E-state index contributed by atoms with van der Waals surface area (Å²) in [6, 6.07) is 9.82. The molecule has 4 saturated heterocycles. The van der Waals surface area contributed by atoms with Gasteiger partial charge in [-0.25, -0.2) is 9.59 Å². The van der Waals surface area contributed by atoms with E-state index in [1.807, 2.05) is 4.90 Å². The molecule has 5 heterocycles. The van der Waals surface area contributed by atoms with Gasteiger partial charge in [-0.05, 0) is 82.0 Å². The highest BCUT2D eigenvalue weighted by molar-refractivity contribution is 5.70. The first-order chi connectivity index (χ1) is 18.6. The Morgan fingerprint density at radius 3 is 2.29 bits per heavy atom. The molecule has 2 bridgehead atoms. The van der Waals surface area contributed by atoms with Crippen molar-refractivity contribution in [3.63, 3.8) is 0 Å². The van der Waals surface area contributed by atoms with Crippen molar-refractivity contribution in [3.8, 4) is 0 Å². The quantitative estimate of drug-likeness (QED) is 0.583. The molecule has 7 rings (SSSR count). The van der Waals surface area contributed by atoms with E-state index in [9.17, 15) is 9.59 Å². The van der Waals surface area contributed by atoms with Crippen LogP contribution in [0.15, 0.2) is 24.3 Å². The summed E-state index contributed by atoms with van der Waals surface area (Å²) in [6.45, 7) is 4.70. The first-order valence-electron chi connectivity index (χ1n) is 14.9. The molecule has 5 fully saturated rings. The Morgan fingerprint density at radius 1 is 0.868 bits per heavy atom. The lowest BCUT2D eigenvalue weighted by atomic mass is 9.68. The molecule has 1 aromatic carbocycles. The first kappa shape index (κ1) is 24.7. The Bertz CT molecular complexity index is 1030. The molecule has 1 aromatic rings. The lowest BCUT2D eigenvalue weighted by Crippen LogP contribution is -2.58. The number of fused-ring (bicyclic) bond motifs is 4. The van der Waals surface area contributed by atoms with E-state index in [1.165, 1.54) is 11.1 Å². The van der Waals surface area contributed by atoms with Gasteiger partial charge in [0.05, 0.1) is 13.2 Å². The van der Waals surface area contributed by atoms with Crippen molar-refractivity contribution in [2.45, 2.75) is 107 Å². The molecule has 1 saturated carbocycles. The maximum absolute atomic E-state index is 13.1. The number of benzene rings is 1. The summed E-state index contributed by atoms with van der Waals surface area (Å²) in [5.41, 5.74) is 2.70. The molecule has 0 radical (unpaired) electrons. The second kappa shape index (κ2) is 10.0. The third kappa shape index (κ3) is 4.47. The smallest absolute Gasteiger partial charge is 0.410 e. The summed E-state index contributed by atoms with van der Waals surface area (Å²) in [7, 11) is 0. The molecule has 8 nitrogen and oxygen atoms in total. The van der Waals surface area contributed by atoms with Gasteiger partial charge in [0.15, 0.2) is 0 Å². The standard InChI is InChI=1S/C30H41N3O5/c34-28(37-25-5-3-6-25)32-18-21-4-1-2-7-27(21)30(20-32)11-13-31(14-12-30)24-16-22-8-9-23(17-24)33(22)29(35)38-26-10-15-36-19-26/h1-2,4,7,22-26H,3,5-6,8-20H2/t22?,23?,24?,26-/m1/s1. The molecule has 0 aromatic heterocycles. The third-order valence-corrected chi connectivity index (χ3v) is 10.4. The molecule has 6 aliphatic rings. The number of carbonyl (C=O) groups excluding carboxylic acids is 2. The van der Waals surface area contributed by atoms with Crippen LogP contribution >= 0.6 is 0 Å². The molecule has 1 spiro atoms. The minimum atomic E-state index is -0.133. The Hall–Kier alpha value is -2.32. The Labute approximate surface area is 225 Å². The number of likely N-dealkylation sites (tertiary alicyclic amines) is 1. The van der Waals surface area contributed by atoms with Crippen LogP contribution in [0.5, 0.6) is 0 Å². The van der Waals surface area contributed by atoms with Crippen molar-refractivity contribution in [1.82, 2.24) is 14.7 Å². The lowest BCUT2D eigenvalue weighted by Gasteiger charge is -2.51. The summed E-state index contributed by atoms with van der Waals surface area (Å²) in [5, 5.41) is 0. The summed E-state index contributed by atoms with van der Waals surface area (Å²) in [4.78, 5) is 32.8. The fraction of sp³-hybridized carbons (Fsp3) is 0.733. The molecule has 2 amide bonds. The zero-order chi connectivity index (χ0) is 25.7. The zero-order valence-corrected chi connectivity index (χ0v) is 22.4. The van der Waals surface area contributed by atoms with Crippen LogP contribution in [0.1, 0.15) is 75.3 Å². The van der Waals surface area contributed by atoms with Crippen LogP contribution in [0.2, 0.25) is 0 Å². The van der Waals surface area contributed by atoms with E-state index in [-0.39, 0.29) is 41.9 Å². The van der Waals surface area contributed by atoms with E-state index in [1.54, 1.807) is 0 Å². The van der Waals surface area contributed by atoms with Gasteiger partial charge in [-0.2, -0.15) is 0 Å². The number of rotatable bonds is 3. The van der Waals surface area contributed by atoms with Gasteiger partial charge in [0.25, 0.3) is 0 Å². The number of piperidine rings is 2. The average molecular weight is 524 g/mol. The highest BCUT2D eigenvalue weighted by atomic mass is 16.6. The van der Waals surface area contributed by atoms with Crippen molar-refractivity contribution < 1.29 is 23.8 Å². The number of nitrogens with zero attached hydrogens (tertiary/aromatic N) is 3. The molecule has 38 heavy (non-hydrogen) atoms. The fourth-order valence-electron chi connectivity index (χ4n) is 8.02.